The normalized spacial score (nSPS) is 16.8. The quantitative estimate of drug-likeness (QED) is 0.481. The molecule has 1 aromatic carbocycles. The predicted molar refractivity (Wildman–Crippen MR) is 67.8 cm³/mol. The topological polar surface area (TPSA) is 49.4 Å². The Labute approximate surface area is 104 Å². The summed E-state index contributed by atoms with van der Waals surface area (Å²) < 4.78 is 0. The molecule has 0 aliphatic carbocycles. The van der Waals surface area contributed by atoms with Crippen LogP contribution in [0.4, 0.5) is 0 Å². The van der Waals surface area contributed by atoms with Gasteiger partial charge in [-0.15, -0.1) is 34.6 Å². The highest BCUT2D eigenvalue weighted by atomic mass is 32.2. The molecule has 16 heavy (non-hydrogen) atoms. The van der Waals surface area contributed by atoms with Crippen LogP contribution in [-0.2, 0) is 0 Å². The summed E-state index contributed by atoms with van der Waals surface area (Å²) in [5.41, 5.74) is 0. The molecule has 84 valence electrons. The van der Waals surface area contributed by atoms with Crippen LogP contribution in [0.2, 0.25) is 0 Å². The summed E-state index contributed by atoms with van der Waals surface area (Å²) in [4.78, 5) is 0.572. The van der Waals surface area contributed by atoms with E-state index in [-0.39, 0.29) is 0 Å². The highest BCUT2D eigenvalue weighted by molar-refractivity contribution is 7.99. The van der Waals surface area contributed by atoms with Gasteiger partial charge in [-0.3, -0.25) is 0 Å². The highest BCUT2D eigenvalue weighted by Crippen LogP contribution is 2.30. The summed E-state index contributed by atoms with van der Waals surface area (Å²) in [6.45, 7) is 0. The van der Waals surface area contributed by atoms with Crippen LogP contribution in [0.15, 0.2) is 55.9 Å². The first-order valence-electron chi connectivity index (χ1n) is 5.03. The third-order valence-electron chi connectivity index (χ3n) is 2.12. The summed E-state index contributed by atoms with van der Waals surface area (Å²) in [6.07, 6.45) is 1.75. The molecule has 1 aliphatic rings. The lowest BCUT2D eigenvalue weighted by Crippen LogP contribution is -2.11. The summed E-state index contributed by atoms with van der Waals surface area (Å²) in [5.74, 6) is 1.03. The van der Waals surface area contributed by atoms with E-state index < -0.39 is 4.99 Å². The Balaban J connectivity index is 1.70. The molecule has 1 aliphatic heterocycles. The molecule has 0 aromatic heterocycles. The van der Waals surface area contributed by atoms with E-state index in [4.69, 9.17) is 0 Å². The van der Waals surface area contributed by atoms with Gasteiger partial charge in [0.25, 0.3) is 0 Å². The molecule has 0 amide bonds. The number of nitrogens with zero attached hydrogens (tertiary/aromatic N) is 4. The maximum absolute atomic E-state index is 4.31. The van der Waals surface area contributed by atoms with Gasteiger partial charge in [0.2, 0.25) is 4.99 Å². The summed E-state index contributed by atoms with van der Waals surface area (Å²) in [5, 5.41) is 14.7. The second-order valence-corrected chi connectivity index (χ2v) is 5.30. The second-order valence-electron chi connectivity index (χ2n) is 3.42. The molecule has 0 saturated carbocycles. The molecule has 0 unspecified atom stereocenters. The Morgan fingerprint density at radius 3 is 2.50 bits per heavy atom. The van der Waals surface area contributed by atoms with Crippen molar-refractivity contribution in [2.45, 2.75) is 22.7 Å². The number of rotatable bonds is 5. The van der Waals surface area contributed by atoms with Crippen molar-refractivity contribution in [2.75, 3.05) is 5.75 Å². The third-order valence-corrected chi connectivity index (χ3v) is 3.62. The van der Waals surface area contributed by atoms with Gasteiger partial charge in [0, 0.05) is 11.3 Å². The summed E-state index contributed by atoms with van der Waals surface area (Å²) >= 11 is 6.14. The first-order chi connectivity index (χ1) is 7.79. The van der Waals surface area contributed by atoms with E-state index in [2.05, 4.69) is 45.4 Å². The minimum absolute atomic E-state index is 0.711. The minimum Gasteiger partial charge on any atom is -0.126 e. The maximum Gasteiger partial charge on any atom is 0.237 e. The molecule has 0 spiro atoms. The number of thioether (sulfide) groups is 1. The highest BCUT2D eigenvalue weighted by Gasteiger charge is 2.26. The van der Waals surface area contributed by atoms with Gasteiger partial charge in [0.15, 0.2) is 0 Å². The molecule has 1 aromatic rings. The van der Waals surface area contributed by atoms with Crippen molar-refractivity contribution in [3.8, 4) is 0 Å². The number of hydrogen-bond acceptors (Lipinski definition) is 6. The molecule has 2 rings (SSSR count). The molecular weight excluding hydrogens is 240 g/mol. The van der Waals surface area contributed by atoms with Gasteiger partial charge in [-0.25, -0.2) is 0 Å². The van der Waals surface area contributed by atoms with Crippen LogP contribution in [0.1, 0.15) is 12.8 Å². The van der Waals surface area contributed by atoms with Gasteiger partial charge >= 0.3 is 0 Å². The molecule has 0 radical (unpaired) electrons. The molecule has 1 heterocycles. The predicted octanol–water partition coefficient (Wildman–Crippen LogP) is 3.98. The SMILES string of the molecule is SC1(CCCSc2ccccc2)N=NN=N1. The Bertz CT molecular complexity index is 379. The first-order valence-corrected chi connectivity index (χ1v) is 6.46. The lowest BCUT2D eigenvalue weighted by Gasteiger charge is -2.11. The zero-order valence-corrected chi connectivity index (χ0v) is 10.4. The van der Waals surface area contributed by atoms with E-state index in [9.17, 15) is 0 Å². The van der Waals surface area contributed by atoms with Crippen molar-refractivity contribution in [1.29, 1.82) is 0 Å². The van der Waals surface area contributed by atoms with Crippen LogP contribution in [0.3, 0.4) is 0 Å². The van der Waals surface area contributed by atoms with E-state index in [0.29, 0.717) is 0 Å². The van der Waals surface area contributed by atoms with Crippen molar-refractivity contribution >= 4 is 24.4 Å². The first kappa shape index (κ1) is 11.6. The minimum atomic E-state index is -0.711. The van der Waals surface area contributed by atoms with Gasteiger partial charge < -0.3 is 0 Å². The van der Waals surface area contributed by atoms with Gasteiger partial charge in [0.05, 0.1) is 0 Å². The van der Waals surface area contributed by atoms with E-state index in [1.165, 1.54) is 4.90 Å². The molecule has 4 nitrogen and oxygen atoms in total. The van der Waals surface area contributed by atoms with E-state index in [1.807, 2.05) is 30.0 Å². The second kappa shape index (κ2) is 5.45. The molecule has 0 saturated heterocycles. The van der Waals surface area contributed by atoms with Crippen LogP contribution in [0, 0.1) is 0 Å². The molecule has 6 heteroatoms. The Morgan fingerprint density at radius 1 is 1.12 bits per heavy atom. The fourth-order valence-corrected chi connectivity index (χ4v) is 2.43. The van der Waals surface area contributed by atoms with Crippen LogP contribution in [0.25, 0.3) is 0 Å². The number of thiol groups is 1. The maximum atomic E-state index is 4.31. The average Bonchev–Trinajstić information content (AvgIpc) is 2.74. The van der Waals surface area contributed by atoms with Crippen LogP contribution in [0.5, 0.6) is 0 Å². The molecule has 0 bridgehead atoms. The van der Waals surface area contributed by atoms with E-state index in [1.54, 1.807) is 0 Å². The van der Waals surface area contributed by atoms with Gasteiger partial charge in [0.1, 0.15) is 0 Å². The van der Waals surface area contributed by atoms with Crippen molar-refractivity contribution in [1.82, 2.24) is 0 Å². The number of benzene rings is 1. The van der Waals surface area contributed by atoms with E-state index >= 15 is 0 Å². The lowest BCUT2D eigenvalue weighted by molar-refractivity contribution is 0.579. The average molecular weight is 252 g/mol. The van der Waals surface area contributed by atoms with Crippen molar-refractivity contribution in [3.63, 3.8) is 0 Å². The van der Waals surface area contributed by atoms with Gasteiger partial charge in [-0.1, -0.05) is 18.2 Å². The Morgan fingerprint density at radius 2 is 1.81 bits per heavy atom. The third kappa shape index (κ3) is 3.31. The summed E-state index contributed by atoms with van der Waals surface area (Å²) in [6, 6.07) is 10.3. The van der Waals surface area contributed by atoms with Crippen LogP contribution in [-0.4, -0.2) is 10.7 Å². The van der Waals surface area contributed by atoms with Crippen molar-refractivity contribution in [2.24, 2.45) is 20.7 Å². The van der Waals surface area contributed by atoms with Crippen molar-refractivity contribution in [3.05, 3.63) is 30.3 Å². The van der Waals surface area contributed by atoms with E-state index in [0.717, 1.165) is 18.6 Å². The summed E-state index contributed by atoms with van der Waals surface area (Å²) in [7, 11) is 0. The molecule has 0 fully saturated rings. The largest absolute Gasteiger partial charge is 0.237 e. The Kier molecular flexibility index (Phi) is 3.95. The molecular formula is C10H12N4S2. The zero-order chi connectivity index (χ0) is 11.3. The fraction of sp³-hybridized carbons (Fsp3) is 0.400. The zero-order valence-electron chi connectivity index (χ0n) is 8.65. The van der Waals surface area contributed by atoms with Gasteiger partial charge in [-0.05, 0) is 34.8 Å². The number of hydrogen-bond donors (Lipinski definition) is 1. The van der Waals surface area contributed by atoms with Crippen LogP contribution < -0.4 is 0 Å². The standard InChI is InChI=1S/C10H12N4S2/c15-10(11-13-14-12-10)7-4-8-16-9-5-2-1-3-6-9/h1-3,5-6,15H,4,7-8H2. The fourth-order valence-electron chi connectivity index (χ4n) is 1.32. The van der Waals surface area contributed by atoms with Crippen LogP contribution >= 0.6 is 24.4 Å². The Hall–Kier alpha value is -0.880. The monoisotopic (exact) mass is 252 g/mol. The molecule has 0 N–H and O–H groups in total. The lowest BCUT2D eigenvalue weighted by atomic mass is 10.3. The van der Waals surface area contributed by atoms with Gasteiger partial charge in [-0.2, -0.15) is 0 Å². The molecule has 0 atom stereocenters. The smallest absolute Gasteiger partial charge is 0.126 e. The van der Waals surface area contributed by atoms with Crippen molar-refractivity contribution < 1.29 is 0 Å².